The average Bonchev–Trinajstić information content (AvgIpc) is 2.67. The van der Waals surface area contributed by atoms with Crippen LogP contribution in [0.25, 0.3) is 11.0 Å². The number of nitrogens with one attached hydrogen (secondary N) is 1. The summed E-state index contributed by atoms with van der Waals surface area (Å²) in [6, 6.07) is 1.83. The van der Waals surface area contributed by atoms with Gasteiger partial charge in [0.15, 0.2) is 11.4 Å². The van der Waals surface area contributed by atoms with E-state index in [1.165, 1.54) is 0 Å². The fraction of sp³-hybridized carbons (Fsp3) is 0.333. The Morgan fingerprint density at radius 1 is 1.50 bits per heavy atom. The molecular weight excluding hydrogens is 182 g/mol. The monoisotopic (exact) mass is 193 g/mol. The normalized spacial score (nSPS) is 10.6. The van der Waals surface area contributed by atoms with E-state index < -0.39 is 0 Å². The largest absolute Gasteiger partial charge is 0.460 e. The Morgan fingerprint density at radius 2 is 2.43 bits per heavy atom. The molecule has 0 fully saturated rings. The highest BCUT2D eigenvalue weighted by Crippen LogP contribution is 2.20. The lowest BCUT2D eigenvalue weighted by Gasteiger charge is -2.02. The quantitative estimate of drug-likeness (QED) is 0.709. The van der Waals surface area contributed by atoms with Crippen LogP contribution in [0.3, 0.4) is 0 Å². The van der Waals surface area contributed by atoms with Crippen LogP contribution < -0.4 is 5.32 Å². The zero-order valence-electron chi connectivity index (χ0n) is 7.60. The van der Waals surface area contributed by atoms with Gasteiger partial charge in [0.25, 0.3) is 0 Å². The molecule has 0 unspecified atom stereocenters. The fourth-order valence-corrected chi connectivity index (χ4v) is 1.21. The maximum atomic E-state index is 8.62. The molecule has 74 valence electrons. The molecule has 2 rings (SSSR count). The number of furan rings is 1. The van der Waals surface area contributed by atoms with Crippen LogP contribution in [-0.2, 0) is 0 Å². The first-order valence-corrected chi connectivity index (χ1v) is 4.45. The molecule has 0 spiro atoms. The lowest BCUT2D eigenvalue weighted by atomic mass is 10.3. The standard InChI is InChI=1S/C9H11N3O2/c13-4-1-3-10-9-8-7(2-5-14-8)6-11-12-9/h2,5-6,13H,1,3-4H2,(H,10,12). The molecular formula is C9H11N3O2. The highest BCUT2D eigenvalue weighted by atomic mass is 16.3. The lowest BCUT2D eigenvalue weighted by Crippen LogP contribution is -2.05. The second-order valence-electron chi connectivity index (χ2n) is 2.90. The first-order valence-electron chi connectivity index (χ1n) is 4.45. The Balaban J connectivity index is 2.19. The third-order valence-electron chi connectivity index (χ3n) is 1.89. The van der Waals surface area contributed by atoms with Crippen molar-refractivity contribution in [3.8, 4) is 0 Å². The molecule has 0 amide bonds. The van der Waals surface area contributed by atoms with Crippen LogP contribution in [0.1, 0.15) is 6.42 Å². The summed E-state index contributed by atoms with van der Waals surface area (Å²) in [5.74, 6) is 0.626. The van der Waals surface area contributed by atoms with Gasteiger partial charge in [-0.25, -0.2) is 0 Å². The van der Waals surface area contributed by atoms with E-state index in [9.17, 15) is 0 Å². The first-order chi connectivity index (χ1) is 6.92. The van der Waals surface area contributed by atoms with Gasteiger partial charge < -0.3 is 14.8 Å². The van der Waals surface area contributed by atoms with E-state index in [-0.39, 0.29) is 6.61 Å². The molecule has 0 saturated carbocycles. The number of hydrogen-bond acceptors (Lipinski definition) is 5. The lowest BCUT2D eigenvalue weighted by molar-refractivity contribution is 0.292. The Bertz CT molecular complexity index is 413. The Labute approximate surface area is 80.8 Å². The SMILES string of the molecule is OCCCNc1nncc2ccoc12. The maximum absolute atomic E-state index is 8.62. The van der Waals surface area contributed by atoms with Crippen LogP contribution in [0.15, 0.2) is 22.9 Å². The number of aliphatic hydroxyl groups is 1. The zero-order valence-corrected chi connectivity index (χ0v) is 7.60. The molecule has 14 heavy (non-hydrogen) atoms. The van der Waals surface area contributed by atoms with Crippen molar-refractivity contribution in [1.29, 1.82) is 0 Å². The van der Waals surface area contributed by atoms with Crippen molar-refractivity contribution in [2.24, 2.45) is 0 Å². The van der Waals surface area contributed by atoms with Gasteiger partial charge in [-0.2, -0.15) is 5.10 Å². The zero-order chi connectivity index (χ0) is 9.80. The third-order valence-corrected chi connectivity index (χ3v) is 1.89. The number of rotatable bonds is 4. The average molecular weight is 193 g/mol. The van der Waals surface area contributed by atoms with Crippen molar-refractivity contribution >= 4 is 16.8 Å². The van der Waals surface area contributed by atoms with Gasteiger partial charge >= 0.3 is 0 Å². The summed E-state index contributed by atoms with van der Waals surface area (Å²) in [5.41, 5.74) is 0.706. The maximum Gasteiger partial charge on any atom is 0.192 e. The molecule has 5 nitrogen and oxygen atoms in total. The number of aromatic nitrogens is 2. The van der Waals surface area contributed by atoms with Crippen molar-refractivity contribution < 1.29 is 9.52 Å². The summed E-state index contributed by atoms with van der Waals surface area (Å²) in [6.07, 6.45) is 3.93. The minimum Gasteiger partial charge on any atom is -0.460 e. The highest BCUT2D eigenvalue weighted by molar-refractivity contribution is 5.85. The number of aliphatic hydroxyl groups excluding tert-OH is 1. The molecule has 0 radical (unpaired) electrons. The summed E-state index contributed by atoms with van der Waals surface area (Å²) in [4.78, 5) is 0. The summed E-state index contributed by atoms with van der Waals surface area (Å²) < 4.78 is 5.25. The molecule has 0 aliphatic carbocycles. The van der Waals surface area contributed by atoms with Gasteiger partial charge in [0, 0.05) is 18.5 Å². The van der Waals surface area contributed by atoms with Crippen molar-refractivity contribution in [1.82, 2.24) is 10.2 Å². The molecule has 0 aliphatic heterocycles. The molecule has 2 aromatic heterocycles. The molecule has 0 bridgehead atoms. The van der Waals surface area contributed by atoms with Crippen LogP contribution in [-0.4, -0.2) is 28.5 Å². The number of nitrogens with zero attached hydrogens (tertiary/aromatic N) is 2. The van der Waals surface area contributed by atoms with E-state index in [2.05, 4.69) is 15.5 Å². The van der Waals surface area contributed by atoms with Gasteiger partial charge in [-0.3, -0.25) is 0 Å². The van der Waals surface area contributed by atoms with Gasteiger partial charge in [0.05, 0.1) is 12.5 Å². The van der Waals surface area contributed by atoms with E-state index in [0.29, 0.717) is 24.4 Å². The molecule has 2 aromatic rings. The summed E-state index contributed by atoms with van der Waals surface area (Å²) in [5, 5.41) is 20.3. The summed E-state index contributed by atoms with van der Waals surface area (Å²) in [7, 11) is 0. The van der Waals surface area contributed by atoms with Crippen molar-refractivity contribution in [2.45, 2.75) is 6.42 Å². The van der Waals surface area contributed by atoms with Crippen LogP contribution in [0.4, 0.5) is 5.82 Å². The van der Waals surface area contributed by atoms with E-state index in [4.69, 9.17) is 9.52 Å². The predicted molar refractivity (Wildman–Crippen MR) is 52.0 cm³/mol. The van der Waals surface area contributed by atoms with Crippen LogP contribution >= 0.6 is 0 Å². The molecule has 5 heteroatoms. The topological polar surface area (TPSA) is 71.2 Å². The van der Waals surface area contributed by atoms with Gasteiger partial charge in [-0.15, -0.1) is 5.10 Å². The van der Waals surface area contributed by atoms with E-state index >= 15 is 0 Å². The smallest absolute Gasteiger partial charge is 0.192 e. The Morgan fingerprint density at radius 3 is 3.29 bits per heavy atom. The van der Waals surface area contributed by atoms with E-state index in [1.54, 1.807) is 12.5 Å². The summed E-state index contributed by atoms with van der Waals surface area (Å²) >= 11 is 0. The van der Waals surface area contributed by atoms with Gasteiger partial charge in [-0.1, -0.05) is 0 Å². The van der Waals surface area contributed by atoms with E-state index in [0.717, 1.165) is 5.39 Å². The summed E-state index contributed by atoms with van der Waals surface area (Å²) in [6.45, 7) is 0.819. The highest BCUT2D eigenvalue weighted by Gasteiger charge is 2.04. The second kappa shape index (κ2) is 4.06. The van der Waals surface area contributed by atoms with Crippen molar-refractivity contribution in [3.63, 3.8) is 0 Å². The molecule has 2 N–H and O–H groups in total. The minimum atomic E-state index is 0.161. The Kier molecular flexibility index (Phi) is 2.60. The van der Waals surface area contributed by atoms with E-state index in [1.807, 2.05) is 6.07 Å². The molecule has 0 saturated heterocycles. The number of anilines is 1. The van der Waals surface area contributed by atoms with Crippen LogP contribution in [0.5, 0.6) is 0 Å². The number of hydrogen-bond donors (Lipinski definition) is 2. The molecule has 0 aromatic carbocycles. The second-order valence-corrected chi connectivity index (χ2v) is 2.90. The fourth-order valence-electron chi connectivity index (χ4n) is 1.21. The van der Waals surface area contributed by atoms with Gasteiger partial charge in [0.1, 0.15) is 0 Å². The molecule has 2 heterocycles. The van der Waals surface area contributed by atoms with Crippen LogP contribution in [0.2, 0.25) is 0 Å². The molecule has 0 atom stereocenters. The minimum absolute atomic E-state index is 0.161. The number of fused-ring (bicyclic) bond motifs is 1. The van der Waals surface area contributed by atoms with Gasteiger partial charge in [-0.05, 0) is 12.5 Å². The van der Waals surface area contributed by atoms with Crippen molar-refractivity contribution in [2.75, 3.05) is 18.5 Å². The molecule has 0 aliphatic rings. The van der Waals surface area contributed by atoms with Crippen LogP contribution in [0, 0.1) is 0 Å². The predicted octanol–water partition coefficient (Wildman–Crippen LogP) is 1.02. The van der Waals surface area contributed by atoms with Crippen molar-refractivity contribution in [3.05, 3.63) is 18.5 Å². The third kappa shape index (κ3) is 1.67. The van der Waals surface area contributed by atoms with Gasteiger partial charge in [0.2, 0.25) is 0 Å². The first kappa shape index (κ1) is 8.96. The Hall–Kier alpha value is -1.62.